The average Bonchev–Trinajstić information content (AvgIpc) is 3.00. The lowest BCUT2D eigenvalue weighted by Crippen LogP contribution is -2.13. The molecule has 3 aromatic rings. The van der Waals surface area contributed by atoms with E-state index in [0.717, 1.165) is 18.6 Å². The second kappa shape index (κ2) is 5.26. The highest BCUT2D eigenvalue weighted by atomic mass is 16.5. The second-order valence-corrected chi connectivity index (χ2v) is 5.48. The van der Waals surface area contributed by atoms with Crippen molar-refractivity contribution in [3.63, 3.8) is 0 Å². The molecule has 1 N–H and O–H groups in total. The van der Waals surface area contributed by atoms with E-state index < -0.39 is 0 Å². The third-order valence-corrected chi connectivity index (χ3v) is 4.00. The van der Waals surface area contributed by atoms with Crippen molar-refractivity contribution < 1.29 is 4.74 Å². The molecule has 1 aromatic carbocycles. The first-order valence-corrected chi connectivity index (χ1v) is 7.37. The summed E-state index contributed by atoms with van der Waals surface area (Å²) in [7, 11) is 0. The van der Waals surface area contributed by atoms with Crippen LogP contribution in [0.4, 0.5) is 0 Å². The van der Waals surface area contributed by atoms with Crippen molar-refractivity contribution in [3.8, 4) is 5.75 Å². The number of pyridine rings is 1. The van der Waals surface area contributed by atoms with Gasteiger partial charge in [-0.2, -0.15) is 0 Å². The van der Waals surface area contributed by atoms with Crippen LogP contribution in [0.25, 0.3) is 10.9 Å². The molecule has 0 fully saturated rings. The zero-order valence-corrected chi connectivity index (χ0v) is 12.0. The third-order valence-electron chi connectivity index (χ3n) is 4.00. The number of fused-ring (bicyclic) bond motifs is 2. The van der Waals surface area contributed by atoms with Gasteiger partial charge in [0, 0.05) is 6.20 Å². The van der Waals surface area contributed by atoms with Gasteiger partial charge in [-0.1, -0.05) is 6.07 Å². The number of H-pyrrole nitrogens is 1. The van der Waals surface area contributed by atoms with Gasteiger partial charge in [0.1, 0.15) is 18.2 Å². The molecule has 0 amide bonds. The summed E-state index contributed by atoms with van der Waals surface area (Å²) in [5.41, 5.74) is 3.19. The van der Waals surface area contributed by atoms with Crippen molar-refractivity contribution in [2.75, 3.05) is 0 Å². The Balaban J connectivity index is 1.58. The SMILES string of the molecule is O=c1[nH]c(COc2ccc3c(c2)CCC3)nc2cnccc12. The molecular formula is C17H15N3O2. The largest absolute Gasteiger partial charge is 0.486 e. The van der Waals surface area contributed by atoms with Crippen molar-refractivity contribution in [1.82, 2.24) is 15.0 Å². The molecule has 5 heteroatoms. The lowest BCUT2D eigenvalue weighted by Gasteiger charge is -2.08. The first kappa shape index (κ1) is 13.0. The van der Waals surface area contributed by atoms with Crippen LogP contribution in [0.5, 0.6) is 5.75 Å². The minimum absolute atomic E-state index is 0.167. The van der Waals surface area contributed by atoms with Gasteiger partial charge in [-0.3, -0.25) is 9.78 Å². The number of hydrogen-bond acceptors (Lipinski definition) is 4. The van der Waals surface area contributed by atoms with Crippen LogP contribution in [0.15, 0.2) is 41.5 Å². The average molecular weight is 293 g/mol. The maximum Gasteiger partial charge on any atom is 0.258 e. The lowest BCUT2D eigenvalue weighted by atomic mass is 10.1. The summed E-state index contributed by atoms with van der Waals surface area (Å²) in [5.74, 6) is 1.32. The Morgan fingerprint density at radius 2 is 2.09 bits per heavy atom. The number of aromatic nitrogens is 3. The van der Waals surface area contributed by atoms with Crippen LogP contribution in [0.2, 0.25) is 0 Å². The predicted molar refractivity (Wildman–Crippen MR) is 83.0 cm³/mol. The standard InChI is InChI=1S/C17H15N3O2/c21-17-14-6-7-18-9-15(14)19-16(20-17)10-22-13-5-4-11-2-1-3-12(11)8-13/h4-9H,1-3,10H2,(H,19,20,21). The molecule has 0 saturated carbocycles. The Kier molecular flexibility index (Phi) is 3.11. The van der Waals surface area contributed by atoms with Gasteiger partial charge in [0.25, 0.3) is 5.56 Å². The minimum atomic E-state index is -0.167. The number of rotatable bonds is 3. The smallest absolute Gasteiger partial charge is 0.258 e. The van der Waals surface area contributed by atoms with Crippen LogP contribution < -0.4 is 10.3 Å². The first-order valence-electron chi connectivity index (χ1n) is 7.37. The Bertz CT molecular complexity index is 902. The van der Waals surface area contributed by atoms with E-state index in [-0.39, 0.29) is 12.2 Å². The fourth-order valence-electron chi connectivity index (χ4n) is 2.90. The minimum Gasteiger partial charge on any atom is -0.486 e. The highest BCUT2D eigenvalue weighted by molar-refractivity contribution is 5.75. The Hall–Kier alpha value is -2.69. The van der Waals surface area contributed by atoms with E-state index in [2.05, 4.69) is 27.1 Å². The summed E-state index contributed by atoms with van der Waals surface area (Å²) in [6.07, 6.45) is 6.65. The Labute approximate surface area is 127 Å². The normalized spacial score (nSPS) is 13.3. The van der Waals surface area contributed by atoms with E-state index >= 15 is 0 Å². The predicted octanol–water partition coefficient (Wildman–Crippen LogP) is 2.39. The van der Waals surface area contributed by atoms with Crippen molar-refractivity contribution in [2.45, 2.75) is 25.9 Å². The molecule has 0 bridgehead atoms. The molecule has 0 saturated heterocycles. The summed E-state index contributed by atoms with van der Waals surface area (Å²) in [4.78, 5) is 23.1. The monoisotopic (exact) mass is 293 g/mol. The zero-order valence-electron chi connectivity index (χ0n) is 12.0. The second-order valence-electron chi connectivity index (χ2n) is 5.48. The number of ether oxygens (including phenoxy) is 1. The fraction of sp³-hybridized carbons (Fsp3) is 0.235. The van der Waals surface area contributed by atoms with Gasteiger partial charge >= 0.3 is 0 Å². The highest BCUT2D eigenvalue weighted by Gasteiger charge is 2.11. The van der Waals surface area contributed by atoms with Crippen molar-refractivity contribution in [1.29, 1.82) is 0 Å². The summed E-state index contributed by atoms with van der Waals surface area (Å²) < 4.78 is 5.77. The number of aryl methyl sites for hydroxylation is 2. The Morgan fingerprint density at radius 1 is 1.18 bits per heavy atom. The maximum atomic E-state index is 12.0. The summed E-state index contributed by atoms with van der Waals surface area (Å²) >= 11 is 0. The van der Waals surface area contributed by atoms with Gasteiger partial charge in [-0.15, -0.1) is 0 Å². The fourth-order valence-corrected chi connectivity index (χ4v) is 2.90. The molecule has 0 aliphatic heterocycles. The van der Waals surface area contributed by atoms with Gasteiger partial charge in [-0.25, -0.2) is 4.98 Å². The van der Waals surface area contributed by atoms with E-state index in [1.807, 2.05) is 6.07 Å². The van der Waals surface area contributed by atoms with Crippen LogP contribution in [-0.4, -0.2) is 15.0 Å². The van der Waals surface area contributed by atoms with E-state index in [9.17, 15) is 4.79 Å². The molecule has 0 spiro atoms. The van der Waals surface area contributed by atoms with Crippen LogP contribution in [0, 0.1) is 0 Å². The van der Waals surface area contributed by atoms with Gasteiger partial charge in [0.15, 0.2) is 0 Å². The molecule has 2 aromatic heterocycles. The molecule has 4 rings (SSSR count). The first-order chi connectivity index (χ1) is 10.8. The topological polar surface area (TPSA) is 67.9 Å². The van der Waals surface area contributed by atoms with Crippen LogP contribution >= 0.6 is 0 Å². The molecule has 22 heavy (non-hydrogen) atoms. The van der Waals surface area contributed by atoms with Gasteiger partial charge < -0.3 is 9.72 Å². The molecule has 2 heterocycles. The quantitative estimate of drug-likeness (QED) is 0.805. The summed E-state index contributed by atoms with van der Waals surface area (Å²) in [6, 6.07) is 7.85. The molecule has 1 aliphatic rings. The van der Waals surface area contributed by atoms with Crippen molar-refractivity contribution in [3.05, 3.63) is 64.0 Å². The molecule has 1 aliphatic carbocycles. The van der Waals surface area contributed by atoms with Crippen LogP contribution in [-0.2, 0) is 19.4 Å². The van der Waals surface area contributed by atoms with E-state index in [4.69, 9.17) is 4.74 Å². The third kappa shape index (κ3) is 2.35. The molecule has 0 atom stereocenters. The summed E-state index contributed by atoms with van der Waals surface area (Å²) in [6.45, 7) is 0.235. The molecule has 110 valence electrons. The summed E-state index contributed by atoms with van der Waals surface area (Å²) in [5, 5.41) is 0.538. The van der Waals surface area contributed by atoms with Gasteiger partial charge in [-0.05, 0) is 48.6 Å². The number of hydrogen-bond donors (Lipinski definition) is 1. The van der Waals surface area contributed by atoms with E-state index in [1.165, 1.54) is 17.5 Å². The number of nitrogens with zero attached hydrogens (tertiary/aromatic N) is 2. The van der Waals surface area contributed by atoms with Crippen molar-refractivity contribution >= 4 is 10.9 Å². The number of benzene rings is 1. The maximum absolute atomic E-state index is 12.0. The highest BCUT2D eigenvalue weighted by Crippen LogP contribution is 2.26. The van der Waals surface area contributed by atoms with E-state index in [0.29, 0.717) is 16.7 Å². The molecule has 0 unspecified atom stereocenters. The van der Waals surface area contributed by atoms with Gasteiger partial charge in [0.2, 0.25) is 0 Å². The zero-order chi connectivity index (χ0) is 14.9. The molecule has 0 radical (unpaired) electrons. The van der Waals surface area contributed by atoms with E-state index in [1.54, 1.807) is 18.5 Å². The Morgan fingerprint density at radius 3 is 3.05 bits per heavy atom. The lowest BCUT2D eigenvalue weighted by molar-refractivity contribution is 0.295. The van der Waals surface area contributed by atoms with Crippen molar-refractivity contribution in [2.24, 2.45) is 0 Å². The van der Waals surface area contributed by atoms with Crippen LogP contribution in [0.1, 0.15) is 23.4 Å². The molecular weight excluding hydrogens is 278 g/mol. The van der Waals surface area contributed by atoms with Gasteiger partial charge in [0.05, 0.1) is 17.1 Å². The number of aromatic amines is 1. The van der Waals surface area contributed by atoms with Crippen LogP contribution in [0.3, 0.4) is 0 Å². The number of nitrogens with one attached hydrogen (secondary N) is 1. The molecule has 5 nitrogen and oxygen atoms in total.